The Labute approximate surface area is 146 Å². The van der Waals surface area contributed by atoms with Crippen LogP contribution >= 0.6 is 0 Å². The molecule has 5 nitrogen and oxygen atoms in total. The number of hydrogen-bond acceptors (Lipinski definition) is 4. The van der Waals surface area contributed by atoms with Gasteiger partial charge in [-0.15, -0.1) is 0 Å². The van der Waals surface area contributed by atoms with Gasteiger partial charge < -0.3 is 0 Å². The monoisotopic (exact) mass is 354 g/mol. The lowest BCUT2D eigenvalue weighted by Crippen LogP contribution is -2.10. The van der Waals surface area contributed by atoms with E-state index in [2.05, 4.69) is 0 Å². The Kier molecular flexibility index (Phi) is 5.02. The molecule has 1 aromatic heterocycles. The van der Waals surface area contributed by atoms with E-state index in [-0.39, 0.29) is 4.90 Å². The fraction of sp³-hybridized carbons (Fsp3) is 0.0526. The van der Waals surface area contributed by atoms with E-state index in [1.54, 1.807) is 36.5 Å². The normalized spacial score (nSPS) is 11.7. The van der Waals surface area contributed by atoms with Crippen molar-refractivity contribution < 1.29 is 13.6 Å². The van der Waals surface area contributed by atoms with Crippen LogP contribution in [0.2, 0.25) is 0 Å². The summed E-state index contributed by atoms with van der Waals surface area (Å²) in [5, 5.41) is 8.51. The van der Waals surface area contributed by atoms with E-state index in [1.165, 1.54) is 16.4 Å². The SMILES string of the molecule is O=S(=O)(c1cccc(-c2ccccc2)c1)n1ccc(C/C=C/NO)c1. The Bertz CT molecular complexity index is 977. The Balaban J connectivity index is 1.92. The predicted molar refractivity (Wildman–Crippen MR) is 96.7 cm³/mol. The van der Waals surface area contributed by atoms with Gasteiger partial charge in [-0.2, -0.15) is 0 Å². The Morgan fingerprint density at radius 1 is 1.00 bits per heavy atom. The zero-order valence-corrected chi connectivity index (χ0v) is 14.2. The molecular formula is C19H18N2O3S. The van der Waals surface area contributed by atoms with Gasteiger partial charge in [0.15, 0.2) is 0 Å². The molecule has 0 aliphatic rings. The van der Waals surface area contributed by atoms with Gasteiger partial charge in [0.25, 0.3) is 10.0 Å². The number of rotatable bonds is 6. The molecule has 0 amide bonds. The zero-order valence-electron chi connectivity index (χ0n) is 13.4. The second kappa shape index (κ2) is 7.38. The summed E-state index contributed by atoms with van der Waals surface area (Å²) in [6, 6.07) is 18.3. The third-order valence-corrected chi connectivity index (χ3v) is 5.42. The first-order valence-electron chi connectivity index (χ1n) is 7.74. The van der Waals surface area contributed by atoms with Gasteiger partial charge in [-0.05, 0) is 41.3 Å². The maximum Gasteiger partial charge on any atom is 0.267 e. The van der Waals surface area contributed by atoms with E-state index in [4.69, 9.17) is 5.21 Å². The van der Waals surface area contributed by atoms with Crippen molar-refractivity contribution in [1.29, 1.82) is 0 Å². The Morgan fingerprint density at radius 3 is 2.52 bits per heavy atom. The highest BCUT2D eigenvalue weighted by Crippen LogP contribution is 2.24. The molecule has 0 unspecified atom stereocenters. The van der Waals surface area contributed by atoms with Gasteiger partial charge in [-0.25, -0.2) is 12.4 Å². The molecule has 0 fully saturated rings. The molecule has 0 spiro atoms. The second-order valence-corrected chi connectivity index (χ2v) is 7.33. The lowest BCUT2D eigenvalue weighted by Gasteiger charge is -2.08. The fourth-order valence-electron chi connectivity index (χ4n) is 2.53. The summed E-state index contributed by atoms with van der Waals surface area (Å²) >= 11 is 0. The lowest BCUT2D eigenvalue weighted by molar-refractivity contribution is 0.214. The quantitative estimate of drug-likeness (QED) is 0.665. The molecule has 0 aliphatic carbocycles. The Hall–Kier alpha value is -2.83. The van der Waals surface area contributed by atoms with E-state index >= 15 is 0 Å². The Morgan fingerprint density at radius 2 is 1.76 bits per heavy atom. The van der Waals surface area contributed by atoms with Crippen LogP contribution in [-0.2, 0) is 16.4 Å². The van der Waals surface area contributed by atoms with E-state index in [1.807, 2.05) is 41.9 Å². The number of allylic oxidation sites excluding steroid dienone is 1. The summed E-state index contributed by atoms with van der Waals surface area (Å²) in [5.74, 6) is 0. The molecule has 2 N–H and O–H groups in total. The summed E-state index contributed by atoms with van der Waals surface area (Å²) in [4.78, 5) is 0.239. The van der Waals surface area contributed by atoms with Crippen molar-refractivity contribution >= 4 is 10.0 Å². The van der Waals surface area contributed by atoms with E-state index in [0.717, 1.165) is 16.7 Å². The van der Waals surface area contributed by atoms with Crippen LogP contribution < -0.4 is 5.48 Å². The van der Waals surface area contributed by atoms with Gasteiger partial charge in [0.1, 0.15) is 0 Å². The molecule has 0 saturated heterocycles. The van der Waals surface area contributed by atoms with Gasteiger partial charge in [-0.1, -0.05) is 48.5 Å². The smallest absolute Gasteiger partial charge is 0.267 e. The summed E-state index contributed by atoms with van der Waals surface area (Å²) in [7, 11) is -3.65. The van der Waals surface area contributed by atoms with Crippen molar-refractivity contribution in [1.82, 2.24) is 9.45 Å². The molecule has 0 radical (unpaired) electrons. The molecule has 0 bridgehead atoms. The summed E-state index contributed by atoms with van der Waals surface area (Å²) in [5.41, 5.74) is 4.56. The van der Waals surface area contributed by atoms with Crippen molar-refractivity contribution in [2.75, 3.05) is 0 Å². The predicted octanol–water partition coefficient (Wildman–Crippen LogP) is 3.43. The molecule has 2 aromatic carbocycles. The lowest BCUT2D eigenvalue weighted by atomic mass is 10.1. The van der Waals surface area contributed by atoms with Crippen LogP contribution in [-0.4, -0.2) is 17.6 Å². The van der Waals surface area contributed by atoms with Gasteiger partial charge in [0.05, 0.1) is 4.90 Å². The third-order valence-electron chi connectivity index (χ3n) is 3.79. The number of hydroxylamine groups is 1. The average Bonchev–Trinajstić information content (AvgIpc) is 3.13. The molecule has 0 aliphatic heterocycles. The van der Waals surface area contributed by atoms with Crippen LogP contribution in [0.1, 0.15) is 5.56 Å². The minimum absolute atomic E-state index is 0.239. The topological polar surface area (TPSA) is 71.3 Å². The van der Waals surface area contributed by atoms with E-state index in [9.17, 15) is 8.42 Å². The molecule has 3 rings (SSSR count). The largest absolute Gasteiger partial charge is 0.292 e. The summed E-state index contributed by atoms with van der Waals surface area (Å²) in [6.45, 7) is 0. The molecule has 0 atom stereocenters. The third kappa shape index (κ3) is 3.81. The molecule has 1 heterocycles. The van der Waals surface area contributed by atoms with Gasteiger partial charge in [0, 0.05) is 18.6 Å². The van der Waals surface area contributed by atoms with Gasteiger partial charge in [0.2, 0.25) is 0 Å². The van der Waals surface area contributed by atoms with Crippen molar-refractivity contribution in [2.45, 2.75) is 11.3 Å². The first kappa shape index (κ1) is 17.0. The zero-order chi connectivity index (χ0) is 17.7. The maximum absolute atomic E-state index is 12.9. The van der Waals surface area contributed by atoms with Crippen molar-refractivity contribution in [3.05, 3.63) is 90.9 Å². The number of aromatic nitrogens is 1. The first-order valence-corrected chi connectivity index (χ1v) is 9.18. The maximum atomic E-state index is 12.9. The number of nitrogens with one attached hydrogen (secondary N) is 1. The average molecular weight is 354 g/mol. The van der Waals surface area contributed by atoms with Crippen LogP contribution in [0.4, 0.5) is 0 Å². The van der Waals surface area contributed by atoms with Crippen LogP contribution in [0.5, 0.6) is 0 Å². The highest BCUT2D eigenvalue weighted by molar-refractivity contribution is 7.90. The standard InChI is InChI=1S/C19H18N2O3S/c22-20-12-5-6-16-11-13-21(15-16)25(23,24)19-10-4-9-18(14-19)17-7-2-1-3-8-17/h1-5,7-15,20,22H,6H2/b12-5+. The van der Waals surface area contributed by atoms with Gasteiger partial charge >= 0.3 is 0 Å². The summed E-state index contributed by atoms with van der Waals surface area (Å²) < 4.78 is 26.9. The second-order valence-electron chi connectivity index (χ2n) is 5.48. The molecule has 128 valence electrons. The molecule has 25 heavy (non-hydrogen) atoms. The highest BCUT2D eigenvalue weighted by Gasteiger charge is 2.17. The number of nitrogens with zero attached hydrogens (tertiary/aromatic N) is 1. The van der Waals surface area contributed by atoms with Crippen LogP contribution in [0.15, 0.2) is 90.2 Å². The number of hydrogen-bond donors (Lipinski definition) is 2. The molecular weight excluding hydrogens is 336 g/mol. The fourth-order valence-corrected chi connectivity index (χ4v) is 3.79. The highest BCUT2D eigenvalue weighted by atomic mass is 32.2. The molecule has 3 aromatic rings. The van der Waals surface area contributed by atoms with Crippen LogP contribution in [0, 0.1) is 0 Å². The van der Waals surface area contributed by atoms with Crippen molar-refractivity contribution in [3.63, 3.8) is 0 Å². The molecule has 0 saturated carbocycles. The molecule has 6 heteroatoms. The summed E-state index contributed by atoms with van der Waals surface area (Å²) in [6.07, 6.45) is 6.70. The van der Waals surface area contributed by atoms with Crippen molar-refractivity contribution in [3.8, 4) is 11.1 Å². The van der Waals surface area contributed by atoms with E-state index in [0.29, 0.717) is 6.42 Å². The van der Waals surface area contributed by atoms with Crippen LogP contribution in [0.25, 0.3) is 11.1 Å². The van der Waals surface area contributed by atoms with E-state index < -0.39 is 10.0 Å². The first-order chi connectivity index (χ1) is 12.1. The minimum atomic E-state index is -3.65. The minimum Gasteiger partial charge on any atom is -0.292 e. The number of benzene rings is 2. The van der Waals surface area contributed by atoms with Gasteiger partial charge in [-0.3, -0.25) is 10.7 Å². The van der Waals surface area contributed by atoms with Crippen LogP contribution in [0.3, 0.4) is 0 Å². The van der Waals surface area contributed by atoms with Crippen molar-refractivity contribution in [2.24, 2.45) is 0 Å².